The van der Waals surface area contributed by atoms with Crippen molar-refractivity contribution in [3.8, 4) is 17.2 Å². The van der Waals surface area contributed by atoms with Crippen molar-refractivity contribution in [3.05, 3.63) is 100 Å². The minimum atomic E-state index is -1.03. The van der Waals surface area contributed by atoms with Gasteiger partial charge in [-0.2, -0.15) is 5.26 Å². The molecule has 2 unspecified atom stereocenters. The Morgan fingerprint density at radius 1 is 0.974 bits per heavy atom. The topological polar surface area (TPSA) is 42.2 Å². The average Bonchev–Trinajstić information content (AvgIpc) is 2.92. The molecule has 0 aromatic heterocycles. The van der Waals surface area contributed by atoms with Crippen LogP contribution < -0.4 is 0 Å². The molecule has 1 aliphatic heterocycles. The van der Waals surface area contributed by atoms with Crippen LogP contribution in [0.3, 0.4) is 0 Å². The van der Waals surface area contributed by atoms with Gasteiger partial charge in [0, 0.05) is 24.2 Å². The van der Waals surface area contributed by atoms with Crippen LogP contribution in [0.5, 0.6) is 0 Å². The van der Waals surface area contributed by atoms with Crippen molar-refractivity contribution in [2.75, 3.05) is 20.3 Å². The van der Waals surface area contributed by atoms with Gasteiger partial charge >= 0.3 is 0 Å². The molecule has 38 heavy (non-hydrogen) atoms. The standard InChI is InChI=1S/C30H26F5NO2/c1-37-17-29(34)30(35)20-6-4-19(5-7-20)21-8-10-23(38-16-21)9-2-18-3-11-24(26(31)12-18)22-13-27(32)25(15-36)28(33)14-22/h3-7,11-14,21,23H,2,8-10,16-17H2,1H3. The van der Waals surface area contributed by atoms with Crippen LogP contribution >= 0.6 is 0 Å². The number of halogens is 5. The van der Waals surface area contributed by atoms with E-state index in [1.807, 2.05) is 0 Å². The first-order valence-electron chi connectivity index (χ1n) is 12.2. The van der Waals surface area contributed by atoms with E-state index in [0.717, 1.165) is 36.1 Å². The maximum Gasteiger partial charge on any atom is 0.164 e. The van der Waals surface area contributed by atoms with Crippen molar-refractivity contribution in [2.45, 2.75) is 37.7 Å². The van der Waals surface area contributed by atoms with Crippen molar-refractivity contribution in [1.82, 2.24) is 0 Å². The third-order valence-electron chi connectivity index (χ3n) is 6.77. The van der Waals surface area contributed by atoms with Crippen LogP contribution in [0.2, 0.25) is 0 Å². The van der Waals surface area contributed by atoms with Crippen molar-refractivity contribution in [2.24, 2.45) is 0 Å². The Morgan fingerprint density at radius 3 is 2.26 bits per heavy atom. The molecule has 0 bridgehead atoms. The van der Waals surface area contributed by atoms with Gasteiger partial charge in [0.05, 0.1) is 12.7 Å². The molecule has 1 aliphatic rings. The Kier molecular flexibility index (Phi) is 8.93. The summed E-state index contributed by atoms with van der Waals surface area (Å²) in [6.45, 7) is 0.0722. The summed E-state index contributed by atoms with van der Waals surface area (Å²) in [6.07, 6.45) is 2.91. The van der Waals surface area contributed by atoms with Crippen LogP contribution in [0.4, 0.5) is 22.0 Å². The molecule has 0 N–H and O–H groups in total. The van der Waals surface area contributed by atoms with Gasteiger partial charge < -0.3 is 9.47 Å². The second kappa shape index (κ2) is 12.3. The zero-order chi connectivity index (χ0) is 27.2. The maximum atomic E-state index is 14.8. The number of nitrogens with zero attached hydrogens (tertiary/aromatic N) is 1. The zero-order valence-corrected chi connectivity index (χ0v) is 20.7. The van der Waals surface area contributed by atoms with E-state index in [4.69, 9.17) is 10.00 Å². The number of methoxy groups -OCH3 is 1. The minimum Gasteiger partial charge on any atom is -0.378 e. The van der Waals surface area contributed by atoms with Gasteiger partial charge in [0.15, 0.2) is 11.7 Å². The molecule has 1 fully saturated rings. The van der Waals surface area contributed by atoms with Crippen LogP contribution in [-0.2, 0) is 15.9 Å². The highest BCUT2D eigenvalue weighted by Gasteiger charge is 2.23. The first kappa shape index (κ1) is 27.5. The summed E-state index contributed by atoms with van der Waals surface area (Å²) < 4.78 is 81.0. The third kappa shape index (κ3) is 6.29. The van der Waals surface area contributed by atoms with Crippen LogP contribution in [0.15, 0.2) is 60.4 Å². The average molecular weight is 528 g/mol. The third-order valence-corrected chi connectivity index (χ3v) is 6.77. The molecular weight excluding hydrogens is 501 g/mol. The Labute approximate surface area is 218 Å². The van der Waals surface area contributed by atoms with Crippen LogP contribution in [-0.4, -0.2) is 26.4 Å². The molecule has 0 aliphatic carbocycles. The summed E-state index contributed by atoms with van der Waals surface area (Å²) in [7, 11) is 1.30. The van der Waals surface area contributed by atoms with Gasteiger partial charge in [-0.25, -0.2) is 22.0 Å². The zero-order valence-electron chi connectivity index (χ0n) is 20.7. The monoisotopic (exact) mass is 527 g/mol. The summed E-state index contributed by atoms with van der Waals surface area (Å²) >= 11 is 0. The van der Waals surface area contributed by atoms with Crippen molar-refractivity contribution >= 4 is 5.83 Å². The number of nitriles is 1. The number of rotatable bonds is 8. The summed E-state index contributed by atoms with van der Waals surface area (Å²) in [6, 6.07) is 14.5. The fourth-order valence-corrected chi connectivity index (χ4v) is 4.66. The Morgan fingerprint density at radius 2 is 1.68 bits per heavy atom. The smallest absolute Gasteiger partial charge is 0.164 e. The lowest BCUT2D eigenvalue weighted by Crippen LogP contribution is -2.25. The maximum absolute atomic E-state index is 14.8. The predicted octanol–water partition coefficient (Wildman–Crippen LogP) is 7.79. The summed E-state index contributed by atoms with van der Waals surface area (Å²) in [5.41, 5.74) is 1.26. The molecular formula is C30H26F5NO2. The quantitative estimate of drug-likeness (QED) is 0.281. The second-order valence-corrected chi connectivity index (χ2v) is 9.28. The Hall–Kier alpha value is -3.54. The molecule has 1 saturated heterocycles. The van der Waals surface area contributed by atoms with Gasteiger partial charge in [-0.05, 0) is 60.6 Å². The SMILES string of the molecule is COCC(F)=C(F)c1ccc(C2CCC(CCc3ccc(-c4cc(F)c(C#N)c(F)c4)c(F)c3)OC2)cc1. The lowest BCUT2D eigenvalue weighted by molar-refractivity contribution is -0.000565. The minimum absolute atomic E-state index is 0.00139. The normalized spacial score (nSPS) is 18.1. The molecule has 3 nitrogen and oxygen atoms in total. The molecule has 0 spiro atoms. The van der Waals surface area contributed by atoms with Crippen molar-refractivity contribution in [3.63, 3.8) is 0 Å². The molecule has 1 heterocycles. The molecule has 0 saturated carbocycles. The molecule has 3 aromatic rings. The van der Waals surface area contributed by atoms with Gasteiger partial charge in [0.1, 0.15) is 35.7 Å². The number of hydrogen-bond donors (Lipinski definition) is 0. The lowest BCUT2D eigenvalue weighted by Gasteiger charge is -2.29. The van der Waals surface area contributed by atoms with E-state index in [9.17, 15) is 22.0 Å². The fraction of sp³-hybridized carbons (Fsp3) is 0.300. The first-order valence-corrected chi connectivity index (χ1v) is 12.2. The molecule has 4 rings (SSSR count). The van der Waals surface area contributed by atoms with Crippen LogP contribution in [0.25, 0.3) is 17.0 Å². The van der Waals surface area contributed by atoms with E-state index in [1.165, 1.54) is 25.3 Å². The number of benzene rings is 3. The lowest BCUT2D eigenvalue weighted by atomic mass is 9.89. The molecule has 2 atom stereocenters. The van der Waals surface area contributed by atoms with Gasteiger partial charge in [0.25, 0.3) is 0 Å². The van der Waals surface area contributed by atoms with Gasteiger partial charge in [-0.1, -0.05) is 36.4 Å². The summed E-state index contributed by atoms with van der Waals surface area (Å²) in [4.78, 5) is 0. The van der Waals surface area contributed by atoms with E-state index in [0.29, 0.717) is 19.4 Å². The molecule has 3 aromatic carbocycles. The number of aryl methyl sites for hydroxylation is 1. The summed E-state index contributed by atoms with van der Waals surface area (Å²) in [5, 5.41) is 8.81. The van der Waals surface area contributed by atoms with Gasteiger partial charge in [0.2, 0.25) is 0 Å². The highest BCUT2D eigenvalue weighted by Crippen LogP contribution is 2.32. The van der Waals surface area contributed by atoms with Gasteiger partial charge in [-0.3, -0.25) is 0 Å². The highest BCUT2D eigenvalue weighted by molar-refractivity contribution is 5.66. The number of hydrogen-bond acceptors (Lipinski definition) is 3. The van der Waals surface area contributed by atoms with E-state index in [-0.39, 0.29) is 28.7 Å². The highest BCUT2D eigenvalue weighted by atomic mass is 19.2. The van der Waals surface area contributed by atoms with Crippen LogP contribution in [0.1, 0.15) is 47.4 Å². The van der Waals surface area contributed by atoms with E-state index in [2.05, 4.69) is 4.74 Å². The second-order valence-electron chi connectivity index (χ2n) is 9.28. The van der Waals surface area contributed by atoms with Gasteiger partial charge in [-0.15, -0.1) is 0 Å². The molecule has 0 amide bonds. The first-order chi connectivity index (χ1) is 18.3. The number of ether oxygens (including phenoxy) is 2. The Balaban J connectivity index is 1.31. The van der Waals surface area contributed by atoms with E-state index >= 15 is 0 Å². The molecule has 198 valence electrons. The summed E-state index contributed by atoms with van der Waals surface area (Å²) in [5.74, 6) is -4.41. The van der Waals surface area contributed by atoms with Crippen molar-refractivity contribution in [1.29, 1.82) is 5.26 Å². The fourth-order valence-electron chi connectivity index (χ4n) is 4.66. The Bertz CT molecular complexity index is 1330. The molecule has 8 heteroatoms. The largest absolute Gasteiger partial charge is 0.378 e. The van der Waals surface area contributed by atoms with E-state index < -0.39 is 41.3 Å². The predicted molar refractivity (Wildman–Crippen MR) is 134 cm³/mol. The van der Waals surface area contributed by atoms with Crippen LogP contribution in [0, 0.1) is 28.8 Å². The van der Waals surface area contributed by atoms with E-state index in [1.54, 1.807) is 30.3 Å². The van der Waals surface area contributed by atoms with Crippen molar-refractivity contribution < 1.29 is 31.4 Å². The molecule has 0 radical (unpaired) electrons.